The average molecular weight is 495 g/mol. The van der Waals surface area contributed by atoms with Gasteiger partial charge in [0, 0.05) is 6.54 Å². The Morgan fingerprint density at radius 2 is 1.63 bits per heavy atom. The van der Waals surface area contributed by atoms with E-state index in [1.807, 2.05) is 41.5 Å². The molecule has 1 aliphatic carbocycles. The first-order valence-corrected chi connectivity index (χ1v) is 12.3. The number of fused-ring (bicyclic) bond motifs is 1. The number of nitrogens with zero attached hydrogens (tertiary/aromatic N) is 1. The van der Waals surface area contributed by atoms with Gasteiger partial charge >= 0.3 is 6.09 Å². The van der Waals surface area contributed by atoms with Crippen LogP contribution in [0.5, 0.6) is 0 Å². The van der Waals surface area contributed by atoms with Crippen LogP contribution in [-0.4, -0.2) is 64.8 Å². The quantitative estimate of drug-likeness (QED) is 0.438. The van der Waals surface area contributed by atoms with Crippen molar-refractivity contribution in [3.05, 3.63) is 0 Å². The zero-order valence-corrected chi connectivity index (χ0v) is 22.5. The van der Waals surface area contributed by atoms with Crippen molar-refractivity contribution in [1.82, 2.24) is 15.5 Å². The lowest BCUT2D eigenvalue weighted by Crippen LogP contribution is -2.60. The van der Waals surface area contributed by atoms with Crippen LogP contribution in [0.25, 0.3) is 0 Å². The summed E-state index contributed by atoms with van der Waals surface area (Å²) in [4.78, 5) is 65.0. The van der Waals surface area contributed by atoms with Gasteiger partial charge in [-0.3, -0.25) is 19.2 Å². The van der Waals surface area contributed by atoms with Crippen molar-refractivity contribution < 1.29 is 28.7 Å². The molecule has 1 saturated heterocycles. The standard InChI is InChI=1S/C25H42N4O6/c1-10-11-14(17(30)19(26)31)27-20(32)16-15-13(25(15,8)9)12-29(16)21(33)18(23(2,3)4)28-22(34)35-24(5,6)7/h13-16,18H,10-12H2,1-9H3,(H2,26,31)(H,27,32)(H,28,34)/t13-,14?,15-,16-,18+/m0/s1. The van der Waals surface area contributed by atoms with Crippen molar-refractivity contribution in [3.63, 3.8) is 0 Å². The summed E-state index contributed by atoms with van der Waals surface area (Å²) < 4.78 is 5.36. The van der Waals surface area contributed by atoms with Crippen LogP contribution in [0.4, 0.5) is 4.79 Å². The Morgan fingerprint density at radius 3 is 2.09 bits per heavy atom. The number of ether oxygens (including phenoxy) is 1. The smallest absolute Gasteiger partial charge is 0.408 e. The van der Waals surface area contributed by atoms with Crippen LogP contribution >= 0.6 is 0 Å². The molecule has 0 aromatic heterocycles. The first kappa shape index (κ1) is 28.6. The topological polar surface area (TPSA) is 148 Å². The van der Waals surface area contributed by atoms with E-state index in [1.54, 1.807) is 20.8 Å². The van der Waals surface area contributed by atoms with Crippen LogP contribution in [0.15, 0.2) is 0 Å². The van der Waals surface area contributed by atoms with Gasteiger partial charge in [0.15, 0.2) is 0 Å². The molecular formula is C25H42N4O6. The monoisotopic (exact) mass is 494 g/mol. The van der Waals surface area contributed by atoms with Gasteiger partial charge in [-0.2, -0.15) is 0 Å². The maximum absolute atomic E-state index is 13.8. The summed E-state index contributed by atoms with van der Waals surface area (Å²) in [7, 11) is 0. The minimum Gasteiger partial charge on any atom is -0.444 e. The maximum atomic E-state index is 13.8. The zero-order valence-electron chi connectivity index (χ0n) is 22.5. The highest BCUT2D eigenvalue weighted by atomic mass is 16.6. The molecule has 1 unspecified atom stereocenters. The fourth-order valence-electron chi connectivity index (χ4n) is 5.04. The molecule has 0 radical (unpaired) electrons. The molecule has 10 heteroatoms. The zero-order chi connectivity index (χ0) is 27.1. The van der Waals surface area contributed by atoms with Gasteiger partial charge in [-0.05, 0) is 49.9 Å². The number of ketones is 1. The highest BCUT2D eigenvalue weighted by Gasteiger charge is 2.69. The van der Waals surface area contributed by atoms with Crippen LogP contribution in [0.2, 0.25) is 0 Å². The lowest BCUT2D eigenvalue weighted by atomic mass is 9.85. The Balaban J connectivity index is 2.31. The minimum absolute atomic E-state index is 0.0976. The van der Waals surface area contributed by atoms with Gasteiger partial charge in [-0.15, -0.1) is 0 Å². The Labute approximate surface area is 208 Å². The van der Waals surface area contributed by atoms with Gasteiger partial charge in [0.1, 0.15) is 17.7 Å². The average Bonchev–Trinajstić information content (AvgIpc) is 3.03. The molecule has 2 fully saturated rings. The van der Waals surface area contributed by atoms with E-state index in [0.717, 1.165) is 0 Å². The number of nitrogens with two attached hydrogens (primary N) is 1. The number of likely N-dealkylation sites (tertiary alicyclic amines) is 1. The van der Waals surface area contributed by atoms with Crippen LogP contribution in [-0.2, 0) is 23.9 Å². The van der Waals surface area contributed by atoms with Crippen LogP contribution in [0.3, 0.4) is 0 Å². The highest BCUT2D eigenvalue weighted by molar-refractivity contribution is 6.37. The van der Waals surface area contributed by atoms with E-state index < -0.39 is 52.8 Å². The van der Waals surface area contributed by atoms with E-state index in [9.17, 15) is 24.0 Å². The number of hydrogen-bond acceptors (Lipinski definition) is 6. The molecule has 1 saturated carbocycles. The number of carbonyl (C=O) groups is 5. The first-order chi connectivity index (χ1) is 15.8. The molecule has 2 aliphatic rings. The summed E-state index contributed by atoms with van der Waals surface area (Å²) in [5.41, 5.74) is 3.62. The summed E-state index contributed by atoms with van der Waals surface area (Å²) in [6.45, 7) is 17.0. The number of Topliss-reactive ketones (excluding diaryl/α,β-unsaturated/α-hetero) is 1. The Kier molecular flexibility index (Phi) is 7.98. The fourth-order valence-corrected chi connectivity index (χ4v) is 5.04. The Bertz CT molecular complexity index is 885. The van der Waals surface area contributed by atoms with Crippen molar-refractivity contribution >= 4 is 29.6 Å². The van der Waals surface area contributed by atoms with E-state index in [4.69, 9.17) is 10.5 Å². The summed E-state index contributed by atoms with van der Waals surface area (Å²) in [5, 5.41) is 5.37. The van der Waals surface area contributed by atoms with Gasteiger partial charge in [0.2, 0.25) is 17.6 Å². The number of primary amides is 1. The molecule has 4 N–H and O–H groups in total. The van der Waals surface area contributed by atoms with Crippen molar-refractivity contribution in [2.45, 2.75) is 98.9 Å². The number of nitrogens with one attached hydrogen (secondary N) is 2. The third kappa shape index (κ3) is 6.32. The normalized spacial score (nSPS) is 24.6. The van der Waals surface area contributed by atoms with Crippen molar-refractivity contribution in [3.8, 4) is 0 Å². The predicted octanol–water partition coefficient (Wildman–Crippen LogP) is 1.75. The minimum atomic E-state index is -1.11. The van der Waals surface area contributed by atoms with Gasteiger partial charge < -0.3 is 26.0 Å². The SMILES string of the molecule is CCCC(NC(=O)[C@@H]1[C@@H]2[C@H](CN1C(=O)[C@@H](NC(=O)OC(C)(C)C)C(C)(C)C)C2(C)C)C(=O)C(N)=O. The molecule has 0 spiro atoms. The van der Waals surface area contributed by atoms with Crippen molar-refractivity contribution in [2.75, 3.05) is 6.54 Å². The molecule has 35 heavy (non-hydrogen) atoms. The summed E-state index contributed by atoms with van der Waals surface area (Å²) in [6, 6.07) is -2.80. The first-order valence-electron chi connectivity index (χ1n) is 12.3. The molecule has 0 aromatic carbocycles. The largest absolute Gasteiger partial charge is 0.444 e. The Morgan fingerprint density at radius 1 is 1.06 bits per heavy atom. The number of carbonyl (C=O) groups excluding carboxylic acids is 5. The molecular weight excluding hydrogens is 452 g/mol. The van der Waals surface area contributed by atoms with E-state index in [2.05, 4.69) is 10.6 Å². The van der Waals surface area contributed by atoms with Crippen molar-refractivity contribution in [1.29, 1.82) is 0 Å². The number of hydrogen-bond donors (Lipinski definition) is 3. The van der Waals surface area contributed by atoms with E-state index in [1.165, 1.54) is 4.90 Å². The number of alkyl carbamates (subject to hydrolysis) is 1. The second kappa shape index (κ2) is 9.78. The molecule has 4 amide bonds. The third-order valence-corrected chi connectivity index (χ3v) is 6.99. The van der Waals surface area contributed by atoms with E-state index in [-0.39, 0.29) is 29.6 Å². The molecule has 1 heterocycles. The molecule has 5 atom stereocenters. The van der Waals surface area contributed by atoms with E-state index >= 15 is 0 Å². The molecule has 1 aliphatic heterocycles. The molecule has 2 rings (SSSR count). The molecule has 10 nitrogen and oxygen atoms in total. The van der Waals surface area contributed by atoms with Gasteiger partial charge in [0.05, 0.1) is 6.04 Å². The molecule has 0 bridgehead atoms. The summed E-state index contributed by atoms with van der Waals surface area (Å²) in [6.07, 6.45) is 0.101. The van der Waals surface area contributed by atoms with Crippen LogP contribution < -0.4 is 16.4 Å². The van der Waals surface area contributed by atoms with Crippen LogP contribution in [0, 0.1) is 22.7 Å². The lowest BCUT2D eigenvalue weighted by Gasteiger charge is -2.38. The summed E-state index contributed by atoms with van der Waals surface area (Å²) in [5.74, 6) is -2.83. The number of rotatable bonds is 8. The molecule has 0 aromatic rings. The van der Waals surface area contributed by atoms with Gasteiger partial charge in [-0.25, -0.2) is 4.79 Å². The fraction of sp³-hybridized carbons (Fsp3) is 0.800. The predicted molar refractivity (Wildman–Crippen MR) is 130 cm³/mol. The number of amides is 4. The number of piperidine rings is 1. The second-order valence-corrected chi connectivity index (χ2v) is 12.4. The van der Waals surface area contributed by atoms with Crippen LogP contribution in [0.1, 0.15) is 75.2 Å². The third-order valence-electron chi connectivity index (χ3n) is 6.99. The van der Waals surface area contributed by atoms with Crippen molar-refractivity contribution in [2.24, 2.45) is 28.4 Å². The Hall–Kier alpha value is -2.65. The second-order valence-electron chi connectivity index (χ2n) is 12.4. The maximum Gasteiger partial charge on any atom is 0.408 e. The lowest BCUT2D eigenvalue weighted by molar-refractivity contribution is -0.145. The summed E-state index contributed by atoms with van der Waals surface area (Å²) >= 11 is 0. The van der Waals surface area contributed by atoms with Gasteiger partial charge in [0.25, 0.3) is 5.91 Å². The van der Waals surface area contributed by atoms with E-state index in [0.29, 0.717) is 13.0 Å². The molecule has 198 valence electrons. The van der Waals surface area contributed by atoms with Gasteiger partial charge in [-0.1, -0.05) is 48.0 Å². The highest BCUT2D eigenvalue weighted by Crippen LogP contribution is 2.65.